The van der Waals surface area contributed by atoms with Crippen LogP contribution in [-0.2, 0) is 11.9 Å². The molecule has 20 heavy (non-hydrogen) atoms. The van der Waals surface area contributed by atoms with Gasteiger partial charge in [-0.3, -0.25) is 0 Å². The highest BCUT2D eigenvalue weighted by molar-refractivity contribution is 9.08. The summed E-state index contributed by atoms with van der Waals surface area (Å²) in [5.74, 6) is -0.235. The van der Waals surface area contributed by atoms with E-state index in [0.29, 0.717) is 23.1 Å². The summed E-state index contributed by atoms with van der Waals surface area (Å²) in [5.41, 5.74) is 3.09. The average molecular weight is 333 g/mol. The normalized spacial score (nSPS) is 10.1. The summed E-state index contributed by atoms with van der Waals surface area (Å²) in [5, 5.41) is 9.51. The Balaban J connectivity index is 2.28. The van der Waals surface area contributed by atoms with Gasteiger partial charge in [0.1, 0.15) is 5.82 Å². The second kappa shape index (κ2) is 6.53. The number of rotatable bonds is 4. The molecule has 0 amide bonds. The lowest BCUT2D eigenvalue weighted by Gasteiger charge is -2.22. The van der Waals surface area contributed by atoms with Gasteiger partial charge >= 0.3 is 0 Å². The maximum atomic E-state index is 14.0. The van der Waals surface area contributed by atoms with Crippen molar-refractivity contribution >= 4 is 21.6 Å². The Kier molecular flexibility index (Phi) is 4.75. The molecule has 0 aromatic heterocycles. The van der Waals surface area contributed by atoms with Gasteiger partial charge in [0.15, 0.2) is 0 Å². The Labute approximate surface area is 126 Å². The summed E-state index contributed by atoms with van der Waals surface area (Å²) in [7, 11) is 1.85. The van der Waals surface area contributed by atoms with Crippen molar-refractivity contribution in [3.05, 3.63) is 65.0 Å². The van der Waals surface area contributed by atoms with E-state index in [1.54, 1.807) is 12.1 Å². The van der Waals surface area contributed by atoms with Crippen LogP contribution in [0.5, 0.6) is 0 Å². The second-order valence-corrected chi connectivity index (χ2v) is 5.11. The zero-order valence-corrected chi connectivity index (χ0v) is 12.7. The van der Waals surface area contributed by atoms with Gasteiger partial charge in [-0.15, -0.1) is 0 Å². The molecule has 0 aliphatic heterocycles. The monoisotopic (exact) mass is 332 g/mol. The van der Waals surface area contributed by atoms with E-state index in [9.17, 15) is 4.39 Å². The number of alkyl halides is 1. The van der Waals surface area contributed by atoms with Crippen molar-refractivity contribution in [1.82, 2.24) is 0 Å². The molecule has 2 nitrogen and oxygen atoms in total. The first kappa shape index (κ1) is 14.5. The molecule has 0 aliphatic carbocycles. The number of benzene rings is 2. The van der Waals surface area contributed by atoms with Crippen molar-refractivity contribution in [2.75, 3.05) is 11.9 Å². The van der Waals surface area contributed by atoms with E-state index in [1.165, 1.54) is 6.07 Å². The van der Waals surface area contributed by atoms with E-state index >= 15 is 0 Å². The second-order valence-electron chi connectivity index (χ2n) is 4.55. The van der Waals surface area contributed by atoms with Crippen molar-refractivity contribution in [2.45, 2.75) is 11.9 Å². The molecule has 0 fully saturated rings. The fraction of sp³-hybridized carbons (Fsp3) is 0.188. The molecule has 0 heterocycles. The Morgan fingerprint density at radius 2 is 2.00 bits per heavy atom. The molecule has 0 radical (unpaired) electrons. The van der Waals surface area contributed by atoms with E-state index < -0.39 is 0 Å². The Bertz CT molecular complexity index is 649. The minimum absolute atomic E-state index is 0.235. The van der Waals surface area contributed by atoms with E-state index in [1.807, 2.05) is 36.2 Å². The summed E-state index contributed by atoms with van der Waals surface area (Å²) in [6, 6.07) is 14.5. The van der Waals surface area contributed by atoms with E-state index in [2.05, 4.69) is 22.0 Å². The van der Waals surface area contributed by atoms with Crippen LogP contribution >= 0.6 is 15.9 Å². The SMILES string of the molecule is CN(Cc1cccc(C#N)c1)c1c(F)cccc1CBr. The third-order valence-electron chi connectivity index (χ3n) is 3.07. The molecule has 0 bridgehead atoms. The number of hydrogen-bond acceptors (Lipinski definition) is 2. The van der Waals surface area contributed by atoms with Gasteiger partial charge in [-0.05, 0) is 29.3 Å². The average Bonchev–Trinajstić information content (AvgIpc) is 2.46. The Morgan fingerprint density at radius 1 is 1.25 bits per heavy atom. The lowest BCUT2D eigenvalue weighted by atomic mass is 10.1. The predicted octanol–water partition coefficient (Wildman–Crippen LogP) is 4.23. The molecular weight excluding hydrogens is 319 g/mol. The van der Waals surface area contributed by atoms with Crippen molar-refractivity contribution < 1.29 is 4.39 Å². The third kappa shape index (κ3) is 3.17. The standard InChI is InChI=1S/C16H14BrFN2/c1-20(11-13-5-2-4-12(8-13)10-19)16-14(9-17)6-3-7-15(16)18/h2-8H,9,11H2,1H3. The molecule has 0 saturated heterocycles. The quantitative estimate of drug-likeness (QED) is 0.783. The molecule has 2 aromatic rings. The van der Waals surface area contributed by atoms with Crippen LogP contribution in [0.2, 0.25) is 0 Å². The van der Waals surface area contributed by atoms with Crippen LogP contribution in [0, 0.1) is 17.1 Å². The summed E-state index contributed by atoms with van der Waals surface area (Å²) < 4.78 is 14.0. The summed E-state index contributed by atoms with van der Waals surface area (Å²) >= 11 is 3.38. The molecule has 4 heteroatoms. The highest BCUT2D eigenvalue weighted by Crippen LogP contribution is 2.26. The van der Waals surface area contributed by atoms with Crippen LogP contribution in [0.25, 0.3) is 0 Å². The molecule has 0 unspecified atom stereocenters. The minimum atomic E-state index is -0.235. The van der Waals surface area contributed by atoms with Crippen molar-refractivity contribution in [3.63, 3.8) is 0 Å². The minimum Gasteiger partial charge on any atom is -0.368 e. The van der Waals surface area contributed by atoms with E-state index in [-0.39, 0.29) is 5.82 Å². The number of halogens is 2. The fourth-order valence-corrected chi connectivity index (χ4v) is 2.64. The number of hydrogen-bond donors (Lipinski definition) is 0. The fourth-order valence-electron chi connectivity index (χ4n) is 2.19. The van der Waals surface area contributed by atoms with Crippen LogP contribution in [0.1, 0.15) is 16.7 Å². The van der Waals surface area contributed by atoms with Gasteiger partial charge in [-0.2, -0.15) is 5.26 Å². The molecule has 0 N–H and O–H groups in total. The maximum absolute atomic E-state index is 14.0. The van der Waals surface area contributed by atoms with E-state index in [4.69, 9.17) is 5.26 Å². The highest BCUT2D eigenvalue weighted by Gasteiger charge is 2.12. The number of para-hydroxylation sites is 1. The van der Waals surface area contributed by atoms with Crippen molar-refractivity contribution in [1.29, 1.82) is 5.26 Å². The Hall–Kier alpha value is -1.86. The van der Waals surface area contributed by atoms with Crippen LogP contribution in [0.4, 0.5) is 10.1 Å². The summed E-state index contributed by atoms with van der Waals surface area (Å²) in [4.78, 5) is 1.86. The Morgan fingerprint density at radius 3 is 2.70 bits per heavy atom. The van der Waals surface area contributed by atoms with Gasteiger partial charge < -0.3 is 4.90 Å². The zero-order chi connectivity index (χ0) is 14.5. The van der Waals surface area contributed by atoms with Crippen molar-refractivity contribution in [3.8, 4) is 6.07 Å². The molecule has 102 valence electrons. The first-order valence-electron chi connectivity index (χ1n) is 6.19. The van der Waals surface area contributed by atoms with Gasteiger partial charge in [0.2, 0.25) is 0 Å². The summed E-state index contributed by atoms with van der Waals surface area (Å²) in [6.45, 7) is 0.552. The zero-order valence-electron chi connectivity index (χ0n) is 11.1. The first-order valence-corrected chi connectivity index (χ1v) is 7.31. The van der Waals surface area contributed by atoms with Crippen LogP contribution < -0.4 is 4.90 Å². The summed E-state index contributed by atoms with van der Waals surface area (Å²) in [6.07, 6.45) is 0. The third-order valence-corrected chi connectivity index (χ3v) is 3.68. The molecule has 0 spiro atoms. The lowest BCUT2D eigenvalue weighted by Crippen LogP contribution is -2.19. The largest absolute Gasteiger partial charge is 0.368 e. The number of anilines is 1. The smallest absolute Gasteiger partial charge is 0.146 e. The van der Waals surface area contributed by atoms with Gasteiger partial charge in [-0.1, -0.05) is 40.2 Å². The maximum Gasteiger partial charge on any atom is 0.146 e. The number of nitriles is 1. The molecule has 0 atom stereocenters. The molecule has 2 aromatic carbocycles. The molecular formula is C16H14BrFN2. The van der Waals surface area contributed by atoms with Gasteiger partial charge in [0.05, 0.1) is 17.3 Å². The molecule has 0 saturated carbocycles. The number of nitrogens with zero attached hydrogens (tertiary/aromatic N) is 2. The van der Waals surface area contributed by atoms with Crippen LogP contribution in [0.15, 0.2) is 42.5 Å². The van der Waals surface area contributed by atoms with E-state index in [0.717, 1.165) is 11.1 Å². The van der Waals surface area contributed by atoms with Gasteiger partial charge in [0.25, 0.3) is 0 Å². The van der Waals surface area contributed by atoms with Gasteiger partial charge in [0, 0.05) is 18.9 Å². The first-order chi connectivity index (χ1) is 9.65. The van der Waals surface area contributed by atoms with Gasteiger partial charge in [-0.25, -0.2) is 4.39 Å². The topological polar surface area (TPSA) is 27.0 Å². The van der Waals surface area contributed by atoms with Crippen LogP contribution in [-0.4, -0.2) is 7.05 Å². The predicted molar refractivity (Wildman–Crippen MR) is 82.3 cm³/mol. The molecule has 2 rings (SSSR count). The lowest BCUT2D eigenvalue weighted by molar-refractivity contribution is 0.620. The highest BCUT2D eigenvalue weighted by atomic mass is 79.9. The molecule has 0 aliphatic rings. The van der Waals surface area contributed by atoms with Crippen molar-refractivity contribution in [2.24, 2.45) is 0 Å². The van der Waals surface area contributed by atoms with Crippen LogP contribution in [0.3, 0.4) is 0 Å².